The van der Waals surface area contributed by atoms with Crippen LogP contribution in [-0.4, -0.2) is 26.5 Å². The third-order valence-corrected chi connectivity index (χ3v) is 3.45. The number of hydrogen-bond acceptors (Lipinski definition) is 4. The minimum atomic E-state index is -0.125. The van der Waals surface area contributed by atoms with E-state index in [1.807, 2.05) is 30.3 Å². The van der Waals surface area contributed by atoms with Crippen LogP contribution in [0.2, 0.25) is 5.02 Å². The Balaban J connectivity index is 1.66. The zero-order valence-electron chi connectivity index (χ0n) is 11.5. The van der Waals surface area contributed by atoms with Gasteiger partial charge in [0.2, 0.25) is 11.7 Å². The second kappa shape index (κ2) is 6.36. The molecule has 0 saturated heterocycles. The molecule has 3 rings (SSSR count). The first-order valence-corrected chi connectivity index (χ1v) is 6.97. The maximum atomic E-state index is 12.0. The van der Waals surface area contributed by atoms with E-state index in [4.69, 9.17) is 11.6 Å². The molecule has 2 N–H and O–H groups in total. The van der Waals surface area contributed by atoms with Crippen molar-refractivity contribution in [1.29, 1.82) is 0 Å². The quantitative estimate of drug-likeness (QED) is 0.775. The van der Waals surface area contributed by atoms with E-state index in [1.165, 1.54) is 0 Å². The Kier molecular flexibility index (Phi) is 4.11. The van der Waals surface area contributed by atoms with E-state index in [0.29, 0.717) is 16.5 Å². The third-order valence-electron chi connectivity index (χ3n) is 3.08. The number of hydrogen-bond donors (Lipinski definition) is 2. The Hall–Kier alpha value is -2.73. The second-order valence-corrected chi connectivity index (χ2v) is 5.04. The fourth-order valence-corrected chi connectivity index (χ4v) is 2.21. The summed E-state index contributed by atoms with van der Waals surface area (Å²) >= 11 is 6.05. The smallest absolute Gasteiger partial charge is 0.228 e. The van der Waals surface area contributed by atoms with E-state index in [1.54, 1.807) is 18.2 Å². The van der Waals surface area contributed by atoms with Gasteiger partial charge in [0, 0.05) is 16.3 Å². The fraction of sp³-hybridized carbons (Fsp3) is 0.0667. The molecule has 0 radical (unpaired) electrons. The molecule has 0 aliphatic carbocycles. The number of carbonyl (C=O) groups is 1. The fourth-order valence-electron chi connectivity index (χ4n) is 2.01. The van der Waals surface area contributed by atoms with Gasteiger partial charge in [-0.15, -0.1) is 10.2 Å². The predicted molar refractivity (Wildman–Crippen MR) is 83.4 cm³/mol. The number of benzene rings is 2. The van der Waals surface area contributed by atoms with Crippen molar-refractivity contribution in [1.82, 2.24) is 20.6 Å². The molecule has 0 atom stereocenters. The van der Waals surface area contributed by atoms with Gasteiger partial charge in [-0.1, -0.05) is 29.8 Å². The molecule has 0 unspecified atom stereocenters. The number of halogens is 1. The van der Waals surface area contributed by atoms with E-state index in [2.05, 4.69) is 25.9 Å². The number of H-pyrrole nitrogens is 1. The third kappa shape index (κ3) is 3.29. The normalized spacial score (nSPS) is 10.4. The molecule has 2 aromatic carbocycles. The Labute approximate surface area is 131 Å². The van der Waals surface area contributed by atoms with Crippen LogP contribution in [0.15, 0.2) is 48.5 Å². The molecule has 0 spiro atoms. The highest BCUT2D eigenvalue weighted by atomic mass is 35.5. The van der Waals surface area contributed by atoms with Crippen molar-refractivity contribution in [2.75, 3.05) is 5.32 Å². The van der Waals surface area contributed by atoms with Crippen molar-refractivity contribution in [2.24, 2.45) is 0 Å². The first-order chi connectivity index (χ1) is 10.7. The van der Waals surface area contributed by atoms with Gasteiger partial charge in [-0.05, 0) is 41.1 Å². The first kappa shape index (κ1) is 14.2. The number of tetrazole rings is 1. The molecular weight excluding hydrogens is 302 g/mol. The van der Waals surface area contributed by atoms with Crippen molar-refractivity contribution in [2.45, 2.75) is 6.42 Å². The number of nitrogens with zero attached hydrogens (tertiary/aromatic N) is 3. The summed E-state index contributed by atoms with van der Waals surface area (Å²) in [5.41, 5.74) is 2.31. The van der Waals surface area contributed by atoms with Gasteiger partial charge in [0.05, 0.1) is 6.42 Å². The van der Waals surface area contributed by atoms with Crippen LogP contribution in [0.4, 0.5) is 5.69 Å². The van der Waals surface area contributed by atoms with Gasteiger partial charge >= 0.3 is 0 Å². The van der Waals surface area contributed by atoms with E-state index < -0.39 is 0 Å². The van der Waals surface area contributed by atoms with Crippen molar-refractivity contribution in [3.8, 4) is 11.4 Å². The van der Waals surface area contributed by atoms with Crippen LogP contribution in [0.25, 0.3) is 11.4 Å². The molecular formula is C15H12ClN5O. The van der Waals surface area contributed by atoms with E-state index in [9.17, 15) is 4.79 Å². The SMILES string of the molecule is O=C(Cc1ccccc1Cl)Nc1ccc(-c2nn[nH]n2)cc1. The predicted octanol–water partition coefficient (Wildman–Crippen LogP) is 2.70. The van der Waals surface area contributed by atoms with Crippen molar-refractivity contribution < 1.29 is 4.79 Å². The van der Waals surface area contributed by atoms with Gasteiger partial charge in [0.15, 0.2) is 0 Å². The highest BCUT2D eigenvalue weighted by Crippen LogP contribution is 2.18. The number of anilines is 1. The zero-order valence-corrected chi connectivity index (χ0v) is 12.2. The summed E-state index contributed by atoms with van der Waals surface area (Å²) in [6.45, 7) is 0. The molecule has 0 bridgehead atoms. The van der Waals surface area contributed by atoms with Crippen molar-refractivity contribution in [3.63, 3.8) is 0 Å². The van der Waals surface area contributed by atoms with E-state index in [-0.39, 0.29) is 12.3 Å². The number of amides is 1. The molecule has 6 nitrogen and oxygen atoms in total. The van der Waals surface area contributed by atoms with Gasteiger partial charge in [0.1, 0.15) is 0 Å². The molecule has 0 saturated carbocycles. The van der Waals surface area contributed by atoms with Crippen LogP contribution in [0.5, 0.6) is 0 Å². The number of aromatic nitrogens is 4. The second-order valence-electron chi connectivity index (χ2n) is 4.63. The van der Waals surface area contributed by atoms with Crippen LogP contribution >= 0.6 is 11.6 Å². The standard InChI is InChI=1S/C15H12ClN5O/c16-13-4-2-1-3-11(13)9-14(22)17-12-7-5-10(6-8-12)15-18-20-21-19-15/h1-8H,9H2,(H,17,22)(H,18,19,20,21). The van der Waals surface area contributed by atoms with Gasteiger partial charge in [0.25, 0.3) is 0 Å². The lowest BCUT2D eigenvalue weighted by molar-refractivity contribution is -0.115. The van der Waals surface area contributed by atoms with Crippen LogP contribution in [0.1, 0.15) is 5.56 Å². The highest BCUT2D eigenvalue weighted by Gasteiger charge is 2.08. The Morgan fingerprint density at radius 1 is 1.14 bits per heavy atom. The minimum Gasteiger partial charge on any atom is -0.326 e. The number of carbonyl (C=O) groups excluding carboxylic acids is 1. The summed E-state index contributed by atoms with van der Waals surface area (Å²) in [6.07, 6.45) is 0.228. The molecule has 3 aromatic rings. The number of aromatic amines is 1. The largest absolute Gasteiger partial charge is 0.326 e. The van der Waals surface area contributed by atoms with Crippen LogP contribution < -0.4 is 5.32 Å². The Morgan fingerprint density at radius 2 is 1.91 bits per heavy atom. The zero-order chi connectivity index (χ0) is 15.4. The van der Waals surface area contributed by atoms with Crippen LogP contribution in [0, 0.1) is 0 Å². The molecule has 0 aliphatic heterocycles. The average Bonchev–Trinajstić information content (AvgIpc) is 3.05. The molecule has 0 aliphatic rings. The average molecular weight is 314 g/mol. The van der Waals surface area contributed by atoms with Gasteiger partial charge in [-0.3, -0.25) is 4.79 Å². The summed E-state index contributed by atoms with van der Waals surface area (Å²) in [6, 6.07) is 14.5. The lowest BCUT2D eigenvalue weighted by Gasteiger charge is -2.07. The summed E-state index contributed by atoms with van der Waals surface area (Å²) in [5, 5.41) is 17.1. The monoisotopic (exact) mass is 313 g/mol. The van der Waals surface area contributed by atoms with E-state index >= 15 is 0 Å². The molecule has 1 aromatic heterocycles. The summed E-state index contributed by atoms with van der Waals surface area (Å²) in [7, 11) is 0. The molecule has 0 fully saturated rings. The Bertz CT molecular complexity index is 771. The van der Waals surface area contributed by atoms with Crippen molar-refractivity contribution >= 4 is 23.2 Å². The van der Waals surface area contributed by atoms with Crippen LogP contribution in [0.3, 0.4) is 0 Å². The molecule has 22 heavy (non-hydrogen) atoms. The van der Waals surface area contributed by atoms with Gasteiger partial charge in [-0.25, -0.2) is 0 Å². The molecule has 110 valence electrons. The van der Waals surface area contributed by atoms with Gasteiger partial charge in [-0.2, -0.15) is 5.21 Å². The lowest BCUT2D eigenvalue weighted by atomic mass is 10.1. The molecule has 1 amide bonds. The summed E-state index contributed by atoms with van der Waals surface area (Å²) in [5.74, 6) is 0.384. The minimum absolute atomic E-state index is 0.125. The number of nitrogens with one attached hydrogen (secondary N) is 2. The van der Waals surface area contributed by atoms with Gasteiger partial charge < -0.3 is 5.32 Å². The Morgan fingerprint density at radius 3 is 2.59 bits per heavy atom. The van der Waals surface area contributed by atoms with Crippen LogP contribution in [-0.2, 0) is 11.2 Å². The first-order valence-electron chi connectivity index (χ1n) is 6.59. The highest BCUT2D eigenvalue weighted by molar-refractivity contribution is 6.31. The summed E-state index contributed by atoms with van der Waals surface area (Å²) < 4.78 is 0. The lowest BCUT2D eigenvalue weighted by Crippen LogP contribution is -2.14. The molecule has 1 heterocycles. The topological polar surface area (TPSA) is 83.6 Å². The maximum Gasteiger partial charge on any atom is 0.228 e. The number of rotatable bonds is 4. The molecule has 7 heteroatoms. The van der Waals surface area contributed by atoms with E-state index in [0.717, 1.165) is 11.1 Å². The van der Waals surface area contributed by atoms with Crippen molar-refractivity contribution in [3.05, 3.63) is 59.1 Å². The summed E-state index contributed by atoms with van der Waals surface area (Å²) in [4.78, 5) is 12.0. The maximum absolute atomic E-state index is 12.0.